The highest BCUT2D eigenvalue weighted by atomic mass is 15.2. The van der Waals surface area contributed by atoms with Crippen LogP contribution >= 0.6 is 0 Å². The van der Waals surface area contributed by atoms with Gasteiger partial charge in [-0.25, -0.2) is 4.98 Å². The molecule has 1 fully saturated rings. The Bertz CT molecular complexity index is 507. The number of nitrogens with one attached hydrogen (secondary N) is 1. The molecule has 4 heteroatoms. The molecule has 104 valence electrons. The highest BCUT2D eigenvalue weighted by Gasteiger charge is 2.19. The van der Waals surface area contributed by atoms with Crippen LogP contribution in [0.25, 0.3) is 0 Å². The molecule has 0 aromatic carbocycles. The first-order valence-electron chi connectivity index (χ1n) is 7.21. The molecule has 1 saturated heterocycles. The Labute approximate surface area is 119 Å². The zero-order chi connectivity index (χ0) is 13.6. The van der Waals surface area contributed by atoms with E-state index in [-0.39, 0.29) is 0 Å². The van der Waals surface area contributed by atoms with Crippen molar-refractivity contribution in [2.75, 3.05) is 18.0 Å². The van der Waals surface area contributed by atoms with Crippen LogP contribution in [0.5, 0.6) is 0 Å². The van der Waals surface area contributed by atoms with E-state index in [1.54, 1.807) is 0 Å². The molecule has 0 radical (unpaired) electrons. The fraction of sp³-hybridized carbons (Fsp3) is 0.375. The summed E-state index contributed by atoms with van der Waals surface area (Å²) in [5.74, 6) is 1.09. The van der Waals surface area contributed by atoms with E-state index in [2.05, 4.69) is 32.3 Å². The fourth-order valence-electron chi connectivity index (χ4n) is 2.61. The van der Waals surface area contributed by atoms with Gasteiger partial charge in [0.2, 0.25) is 0 Å². The molecule has 0 atom stereocenters. The maximum Gasteiger partial charge on any atom is 0.128 e. The first kappa shape index (κ1) is 13.1. The van der Waals surface area contributed by atoms with Crippen molar-refractivity contribution < 1.29 is 0 Å². The third-order valence-corrected chi connectivity index (χ3v) is 3.77. The first-order chi connectivity index (χ1) is 9.92. The van der Waals surface area contributed by atoms with Gasteiger partial charge in [-0.15, -0.1) is 0 Å². The van der Waals surface area contributed by atoms with Gasteiger partial charge in [0.05, 0.1) is 5.69 Å². The zero-order valence-corrected chi connectivity index (χ0v) is 11.6. The van der Waals surface area contributed by atoms with Gasteiger partial charge in [-0.3, -0.25) is 4.98 Å². The van der Waals surface area contributed by atoms with Crippen molar-refractivity contribution in [2.45, 2.75) is 25.4 Å². The predicted octanol–water partition coefficient (Wildman–Crippen LogP) is 2.24. The van der Waals surface area contributed by atoms with E-state index >= 15 is 0 Å². The molecule has 0 amide bonds. The zero-order valence-electron chi connectivity index (χ0n) is 11.6. The van der Waals surface area contributed by atoms with E-state index < -0.39 is 0 Å². The average molecular weight is 268 g/mol. The molecule has 1 N–H and O–H groups in total. The topological polar surface area (TPSA) is 41.0 Å². The third-order valence-electron chi connectivity index (χ3n) is 3.77. The molecular weight excluding hydrogens is 248 g/mol. The number of anilines is 1. The Balaban J connectivity index is 1.47. The summed E-state index contributed by atoms with van der Waals surface area (Å²) >= 11 is 0. The molecule has 2 aromatic heterocycles. The normalized spacial score (nSPS) is 16.3. The van der Waals surface area contributed by atoms with Gasteiger partial charge in [0, 0.05) is 38.1 Å². The molecule has 20 heavy (non-hydrogen) atoms. The largest absolute Gasteiger partial charge is 0.357 e. The van der Waals surface area contributed by atoms with Crippen LogP contribution in [0.1, 0.15) is 18.5 Å². The third kappa shape index (κ3) is 3.33. The molecule has 1 aliphatic rings. The van der Waals surface area contributed by atoms with Gasteiger partial charge in [0.1, 0.15) is 5.82 Å². The molecule has 3 rings (SSSR count). The van der Waals surface area contributed by atoms with E-state index in [4.69, 9.17) is 0 Å². The SMILES string of the molecule is c1ccc(CNC2CCN(c3ccccn3)CC2)nc1. The summed E-state index contributed by atoms with van der Waals surface area (Å²) in [5, 5.41) is 3.60. The maximum absolute atomic E-state index is 4.42. The fourth-order valence-corrected chi connectivity index (χ4v) is 2.61. The number of hydrogen-bond donors (Lipinski definition) is 1. The molecule has 1 aliphatic heterocycles. The van der Waals surface area contributed by atoms with Crippen LogP contribution in [0, 0.1) is 0 Å². The molecule has 3 heterocycles. The van der Waals surface area contributed by atoms with Crippen LogP contribution in [0.2, 0.25) is 0 Å². The predicted molar refractivity (Wildman–Crippen MR) is 80.5 cm³/mol. The van der Waals surface area contributed by atoms with Gasteiger partial charge in [0.25, 0.3) is 0 Å². The van der Waals surface area contributed by atoms with Crippen molar-refractivity contribution in [2.24, 2.45) is 0 Å². The van der Waals surface area contributed by atoms with Gasteiger partial charge in [-0.05, 0) is 37.1 Å². The summed E-state index contributed by atoms with van der Waals surface area (Å²) in [6.45, 7) is 2.99. The second kappa shape index (κ2) is 6.48. The van der Waals surface area contributed by atoms with E-state index in [9.17, 15) is 0 Å². The average Bonchev–Trinajstić information content (AvgIpc) is 2.55. The van der Waals surface area contributed by atoms with E-state index in [1.807, 2.05) is 36.7 Å². The molecule has 4 nitrogen and oxygen atoms in total. The number of pyridine rings is 2. The quantitative estimate of drug-likeness (QED) is 0.923. The first-order valence-corrected chi connectivity index (χ1v) is 7.21. The van der Waals surface area contributed by atoms with Crippen molar-refractivity contribution in [3.63, 3.8) is 0 Å². The maximum atomic E-state index is 4.42. The minimum atomic E-state index is 0.581. The van der Waals surface area contributed by atoms with E-state index in [1.165, 1.54) is 0 Å². The highest BCUT2D eigenvalue weighted by molar-refractivity contribution is 5.38. The van der Waals surface area contributed by atoms with Crippen molar-refractivity contribution >= 4 is 5.82 Å². The molecular formula is C16H20N4. The minimum absolute atomic E-state index is 0.581. The van der Waals surface area contributed by atoms with Gasteiger partial charge in [-0.1, -0.05) is 12.1 Å². The van der Waals surface area contributed by atoms with Crippen LogP contribution in [-0.2, 0) is 6.54 Å². The Morgan fingerprint density at radius 1 is 1.00 bits per heavy atom. The number of aromatic nitrogens is 2. The lowest BCUT2D eigenvalue weighted by molar-refractivity contribution is 0.411. The Kier molecular flexibility index (Phi) is 4.23. The van der Waals surface area contributed by atoms with Crippen LogP contribution < -0.4 is 10.2 Å². The summed E-state index contributed by atoms with van der Waals surface area (Å²) in [4.78, 5) is 11.1. The number of hydrogen-bond acceptors (Lipinski definition) is 4. The molecule has 0 aliphatic carbocycles. The summed E-state index contributed by atoms with van der Waals surface area (Å²) in [6.07, 6.45) is 6.02. The Morgan fingerprint density at radius 2 is 1.75 bits per heavy atom. The van der Waals surface area contributed by atoms with Crippen molar-refractivity contribution in [1.82, 2.24) is 15.3 Å². The summed E-state index contributed by atoms with van der Waals surface area (Å²) < 4.78 is 0. The highest BCUT2D eigenvalue weighted by Crippen LogP contribution is 2.17. The lowest BCUT2D eigenvalue weighted by Gasteiger charge is -2.33. The standard InChI is InChI=1S/C16H20N4/c1-3-9-17-15(5-1)13-19-14-7-11-20(12-8-14)16-6-2-4-10-18-16/h1-6,9-10,14,19H,7-8,11-13H2. The van der Waals surface area contributed by atoms with Crippen LogP contribution in [0.15, 0.2) is 48.8 Å². The van der Waals surface area contributed by atoms with Crippen LogP contribution in [0.4, 0.5) is 5.82 Å². The molecule has 0 bridgehead atoms. The molecule has 0 spiro atoms. The van der Waals surface area contributed by atoms with E-state index in [0.29, 0.717) is 6.04 Å². The van der Waals surface area contributed by atoms with Crippen LogP contribution in [-0.4, -0.2) is 29.1 Å². The van der Waals surface area contributed by atoms with Gasteiger partial charge >= 0.3 is 0 Å². The van der Waals surface area contributed by atoms with Crippen molar-refractivity contribution in [1.29, 1.82) is 0 Å². The molecule has 0 saturated carbocycles. The smallest absolute Gasteiger partial charge is 0.128 e. The monoisotopic (exact) mass is 268 g/mol. The van der Waals surface area contributed by atoms with Crippen molar-refractivity contribution in [3.05, 3.63) is 54.5 Å². The molecule has 0 unspecified atom stereocenters. The van der Waals surface area contributed by atoms with Gasteiger partial charge in [0.15, 0.2) is 0 Å². The lowest BCUT2D eigenvalue weighted by atomic mass is 10.0. The summed E-state index contributed by atoms with van der Waals surface area (Å²) in [6, 6.07) is 12.7. The van der Waals surface area contributed by atoms with E-state index in [0.717, 1.165) is 44.0 Å². The van der Waals surface area contributed by atoms with Gasteiger partial charge < -0.3 is 10.2 Å². The number of piperidine rings is 1. The van der Waals surface area contributed by atoms with Gasteiger partial charge in [-0.2, -0.15) is 0 Å². The minimum Gasteiger partial charge on any atom is -0.357 e. The second-order valence-corrected chi connectivity index (χ2v) is 5.15. The number of rotatable bonds is 4. The Hall–Kier alpha value is -1.94. The summed E-state index contributed by atoms with van der Waals surface area (Å²) in [7, 11) is 0. The summed E-state index contributed by atoms with van der Waals surface area (Å²) in [5.41, 5.74) is 1.11. The van der Waals surface area contributed by atoms with Crippen LogP contribution in [0.3, 0.4) is 0 Å². The Morgan fingerprint density at radius 3 is 2.40 bits per heavy atom. The number of nitrogens with zero attached hydrogens (tertiary/aromatic N) is 3. The molecule has 2 aromatic rings. The lowest BCUT2D eigenvalue weighted by Crippen LogP contribution is -2.42. The van der Waals surface area contributed by atoms with Crippen molar-refractivity contribution in [3.8, 4) is 0 Å². The second-order valence-electron chi connectivity index (χ2n) is 5.15.